The quantitative estimate of drug-likeness (QED) is 0.132. The highest BCUT2D eigenvalue weighted by molar-refractivity contribution is 7.92. The van der Waals surface area contributed by atoms with Gasteiger partial charge in [-0.15, -0.1) is 0 Å². The van der Waals surface area contributed by atoms with Gasteiger partial charge in [-0.3, -0.25) is 13.9 Å². The minimum atomic E-state index is -4.36. The van der Waals surface area contributed by atoms with Crippen molar-refractivity contribution in [3.05, 3.63) is 128 Å². The Labute approximate surface area is 296 Å². The van der Waals surface area contributed by atoms with Crippen LogP contribution in [-0.4, -0.2) is 44.3 Å². The highest BCUT2D eigenvalue weighted by atomic mass is 35.5. The fourth-order valence-electron chi connectivity index (χ4n) is 4.94. The maximum Gasteiger partial charge on any atom is 0.264 e. The molecule has 0 aliphatic carbocycles. The second-order valence-electron chi connectivity index (χ2n) is 11.0. The van der Waals surface area contributed by atoms with Crippen LogP contribution in [0, 0.1) is 6.92 Å². The number of aryl methyl sites for hydroxylation is 1. The SMILES string of the molecule is CCCCNC(=O)[C@@H](Cc1ccccc1)N(Cc1c(Cl)cccc1Cl)C(=O)CN(c1cc(Cl)ccc1Cl)S(=O)(=O)c1ccc(C)cc1. The molecule has 248 valence electrons. The monoisotopic (exact) mass is 733 g/mol. The van der Waals surface area contributed by atoms with Gasteiger partial charge in [-0.05, 0) is 61.4 Å². The Morgan fingerprint density at radius 1 is 0.830 bits per heavy atom. The van der Waals surface area contributed by atoms with Crippen molar-refractivity contribution in [2.75, 3.05) is 17.4 Å². The van der Waals surface area contributed by atoms with E-state index in [0.717, 1.165) is 28.3 Å². The van der Waals surface area contributed by atoms with Crippen molar-refractivity contribution < 1.29 is 18.0 Å². The van der Waals surface area contributed by atoms with E-state index in [9.17, 15) is 18.0 Å². The zero-order valence-corrected chi connectivity index (χ0v) is 29.8. The first-order valence-corrected chi connectivity index (χ1v) is 18.0. The number of nitrogens with zero attached hydrogens (tertiary/aromatic N) is 2. The number of rotatable bonds is 14. The van der Waals surface area contributed by atoms with Gasteiger partial charge in [0, 0.05) is 40.1 Å². The number of carbonyl (C=O) groups is 2. The molecular weight excluding hydrogens is 700 g/mol. The molecule has 7 nitrogen and oxygen atoms in total. The molecule has 0 saturated carbocycles. The number of hydrogen-bond acceptors (Lipinski definition) is 4. The molecule has 1 N–H and O–H groups in total. The van der Waals surface area contributed by atoms with Gasteiger partial charge in [0.2, 0.25) is 11.8 Å². The molecule has 4 rings (SSSR count). The Morgan fingerprint density at radius 2 is 1.49 bits per heavy atom. The molecular formula is C35H35Cl4N3O4S. The fourth-order valence-corrected chi connectivity index (χ4v) is 7.32. The van der Waals surface area contributed by atoms with Crippen molar-refractivity contribution in [1.82, 2.24) is 10.2 Å². The number of halogens is 4. The summed E-state index contributed by atoms with van der Waals surface area (Å²) in [5.41, 5.74) is 2.08. The topological polar surface area (TPSA) is 86.8 Å². The molecule has 0 aliphatic rings. The minimum absolute atomic E-state index is 0.0100. The van der Waals surface area contributed by atoms with Crippen LogP contribution in [-0.2, 0) is 32.6 Å². The number of carbonyl (C=O) groups excluding carboxylic acids is 2. The van der Waals surface area contributed by atoms with Crippen LogP contribution >= 0.6 is 46.4 Å². The van der Waals surface area contributed by atoms with Gasteiger partial charge in [0.1, 0.15) is 12.6 Å². The smallest absolute Gasteiger partial charge is 0.264 e. The fraction of sp³-hybridized carbons (Fsp3) is 0.257. The van der Waals surface area contributed by atoms with Crippen molar-refractivity contribution in [2.45, 2.75) is 50.6 Å². The summed E-state index contributed by atoms with van der Waals surface area (Å²) in [6, 6.07) is 23.8. The van der Waals surface area contributed by atoms with E-state index in [1.165, 1.54) is 35.2 Å². The van der Waals surface area contributed by atoms with E-state index in [2.05, 4.69) is 5.32 Å². The van der Waals surface area contributed by atoms with Crippen molar-refractivity contribution in [3.63, 3.8) is 0 Å². The Morgan fingerprint density at radius 3 is 2.13 bits per heavy atom. The van der Waals surface area contributed by atoms with E-state index in [-0.39, 0.29) is 33.6 Å². The molecule has 0 aromatic heterocycles. The van der Waals surface area contributed by atoms with Crippen LogP contribution in [0.4, 0.5) is 5.69 Å². The summed E-state index contributed by atoms with van der Waals surface area (Å²) in [6.07, 6.45) is 1.74. The molecule has 0 heterocycles. The predicted molar refractivity (Wildman–Crippen MR) is 191 cm³/mol. The van der Waals surface area contributed by atoms with Crippen LogP contribution in [0.3, 0.4) is 0 Å². The summed E-state index contributed by atoms with van der Waals surface area (Å²) >= 11 is 26.0. The summed E-state index contributed by atoms with van der Waals surface area (Å²) in [5, 5.41) is 3.82. The summed E-state index contributed by atoms with van der Waals surface area (Å²) in [5.74, 6) is -1.08. The number of anilines is 1. The number of amides is 2. The number of benzene rings is 4. The Kier molecular flexibility index (Phi) is 13.0. The minimum Gasteiger partial charge on any atom is -0.354 e. The molecule has 4 aromatic rings. The molecule has 1 atom stereocenters. The lowest BCUT2D eigenvalue weighted by molar-refractivity contribution is -0.140. The summed E-state index contributed by atoms with van der Waals surface area (Å²) in [4.78, 5) is 29.8. The Hall–Kier alpha value is -3.27. The predicted octanol–water partition coefficient (Wildman–Crippen LogP) is 8.36. The molecule has 0 fully saturated rings. The second kappa shape index (κ2) is 16.7. The lowest BCUT2D eigenvalue weighted by atomic mass is 10.0. The normalized spacial score (nSPS) is 12.0. The first kappa shape index (κ1) is 36.6. The van der Waals surface area contributed by atoms with Gasteiger partial charge < -0.3 is 10.2 Å². The summed E-state index contributed by atoms with van der Waals surface area (Å²) < 4.78 is 29.4. The zero-order chi connectivity index (χ0) is 34.1. The van der Waals surface area contributed by atoms with E-state index < -0.39 is 34.4 Å². The molecule has 0 unspecified atom stereocenters. The maximum absolute atomic E-state index is 14.6. The zero-order valence-electron chi connectivity index (χ0n) is 25.9. The van der Waals surface area contributed by atoms with Gasteiger partial charge in [0.15, 0.2) is 0 Å². The average Bonchev–Trinajstić information content (AvgIpc) is 3.04. The van der Waals surface area contributed by atoms with E-state index in [1.54, 1.807) is 30.3 Å². The average molecular weight is 736 g/mol. The number of nitrogens with one attached hydrogen (secondary N) is 1. The third-order valence-corrected chi connectivity index (χ3v) is 10.6. The molecule has 4 aromatic carbocycles. The largest absolute Gasteiger partial charge is 0.354 e. The van der Waals surface area contributed by atoms with E-state index >= 15 is 0 Å². The second-order valence-corrected chi connectivity index (χ2v) is 14.5. The molecule has 2 amide bonds. The van der Waals surface area contributed by atoms with E-state index in [4.69, 9.17) is 46.4 Å². The third-order valence-electron chi connectivity index (χ3n) is 7.56. The lowest BCUT2D eigenvalue weighted by Crippen LogP contribution is -2.53. The molecule has 12 heteroatoms. The number of unbranched alkanes of at least 4 members (excludes halogenated alkanes) is 1. The van der Waals surface area contributed by atoms with Crippen LogP contribution in [0.5, 0.6) is 0 Å². The van der Waals surface area contributed by atoms with Crippen LogP contribution in [0.2, 0.25) is 20.1 Å². The molecule has 0 bridgehead atoms. The molecule has 0 saturated heterocycles. The highest BCUT2D eigenvalue weighted by Crippen LogP contribution is 2.34. The van der Waals surface area contributed by atoms with Gasteiger partial charge in [-0.25, -0.2) is 8.42 Å². The number of sulfonamides is 1. The van der Waals surface area contributed by atoms with Crippen molar-refractivity contribution >= 4 is 73.9 Å². The van der Waals surface area contributed by atoms with Gasteiger partial charge in [-0.2, -0.15) is 0 Å². The van der Waals surface area contributed by atoms with Crippen LogP contribution in [0.1, 0.15) is 36.5 Å². The number of hydrogen-bond donors (Lipinski definition) is 1. The van der Waals surface area contributed by atoms with Gasteiger partial charge in [0.25, 0.3) is 10.0 Å². The Balaban J connectivity index is 1.85. The van der Waals surface area contributed by atoms with Crippen LogP contribution < -0.4 is 9.62 Å². The molecule has 0 spiro atoms. The van der Waals surface area contributed by atoms with E-state index in [0.29, 0.717) is 22.2 Å². The lowest BCUT2D eigenvalue weighted by Gasteiger charge is -2.34. The summed E-state index contributed by atoms with van der Waals surface area (Å²) in [6.45, 7) is 3.37. The van der Waals surface area contributed by atoms with Crippen LogP contribution in [0.25, 0.3) is 0 Å². The highest BCUT2D eigenvalue weighted by Gasteiger charge is 2.36. The first-order chi connectivity index (χ1) is 22.4. The van der Waals surface area contributed by atoms with Crippen molar-refractivity contribution in [3.8, 4) is 0 Å². The first-order valence-electron chi connectivity index (χ1n) is 15.0. The van der Waals surface area contributed by atoms with E-state index in [1.807, 2.05) is 44.2 Å². The molecule has 0 aliphatic heterocycles. The maximum atomic E-state index is 14.6. The van der Waals surface area contributed by atoms with Crippen LogP contribution in [0.15, 0.2) is 95.9 Å². The standard InChI is InChI=1S/C35H35Cl4N3O4S/c1-3-4-19-40-35(44)33(20-25-9-6-5-7-10-25)41(22-28-29(37)11-8-12-30(28)38)34(43)23-42(32-21-26(36)15-18-31(32)39)47(45,46)27-16-13-24(2)14-17-27/h5-18,21,33H,3-4,19-20,22-23H2,1-2H3,(H,40,44)/t33-/m1/s1. The molecule has 0 radical (unpaired) electrons. The van der Waals surface area contributed by atoms with Gasteiger partial charge >= 0.3 is 0 Å². The van der Waals surface area contributed by atoms with Gasteiger partial charge in [0.05, 0.1) is 15.6 Å². The van der Waals surface area contributed by atoms with Crippen molar-refractivity contribution in [2.24, 2.45) is 0 Å². The summed E-state index contributed by atoms with van der Waals surface area (Å²) in [7, 11) is -4.36. The third kappa shape index (κ3) is 9.42. The van der Waals surface area contributed by atoms with Crippen molar-refractivity contribution in [1.29, 1.82) is 0 Å². The Bertz CT molecular complexity index is 1790. The molecule has 47 heavy (non-hydrogen) atoms. The van der Waals surface area contributed by atoms with Gasteiger partial charge in [-0.1, -0.05) is 114 Å².